The zero-order chi connectivity index (χ0) is 14.7. The first-order valence-corrected chi connectivity index (χ1v) is 8.71. The average Bonchev–Trinajstić information content (AvgIpc) is 3.23. The number of aromatic nitrogens is 4. The molecule has 1 aliphatic carbocycles. The van der Waals surface area contributed by atoms with Crippen molar-refractivity contribution < 1.29 is 4.79 Å². The molecule has 1 saturated carbocycles. The molecule has 0 aliphatic heterocycles. The van der Waals surface area contributed by atoms with E-state index >= 15 is 0 Å². The highest BCUT2D eigenvalue weighted by atomic mass is 79.9. The van der Waals surface area contributed by atoms with Gasteiger partial charge in [0.2, 0.25) is 5.16 Å². The van der Waals surface area contributed by atoms with Crippen LogP contribution in [-0.4, -0.2) is 31.7 Å². The van der Waals surface area contributed by atoms with Crippen molar-refractivity contribution in [1.82, 2.24) is 20.2 Å². The third kappa shape index (κ3) is 3.91. The summed E-state index contributed by atoms with van der Waals surface area (Å²) >= 11 is 5.00. The molecular formula is C14H15BrN4OS. The van der Waals surface area contributed by atoms with E-state index in [4.69, 9.17) is 0 Å². The van der Waals surface area contributed by atoms with Gasteiger partial charge in [-0.1, -0.05) is 39.8 Å². The second-order valence-electron chi connectivity index (χ2n) is 5.02. The number of hydrogen-bond donors (Lipinski definition) is 0. The first-order chi connectivity index (χ1) is 10.2. The van der Waals surface area contributed by atoms with Crippen LogP contribution in [0.25, 0.3) is 0 Å². The zero-order valence-electron chi connectivity index (χ0n) is 11.4. The van der Waals surface area contributed by atoms with E-state index in [0.717, 1.165) is 27.4 Å². The molecule has 0 unspecified atom stereocenters. The predicted molar refractivity (Wildman–Crippen MR) is 84.5 cm³/mol. The van der Waals surface area contributed by atoms with E-state index in [1.165, 1.54) is 12.8 Å². The minimum atomic E-state index is 0.185. The quantitative estimate of drug-likeness (QED) is 0.426. The molecule has 0 saturated heterocycles. The van der Waals surface area contributed by atoms with Crippen molar-refractivity contribution in [2.45, 2.75) is 36.9 Å². The number of halogens is 1. The van der Waals surface area contributed by atoms with E-state index < -0.39 is 0 Å². The third-order valence-corrected chi connectivity index (χ3v) is 4.85. The van der Waals surface area contributed by atoms with Crippen molar-refractivity contribution in [2.24, 2.45) is 0 Å². The molecule has 0 spiro atoms. The summed E-state index contributed by atoms with van der Waals surface area (Å²) in [5, 5.41) is 12.6. The fourth-order valence-corrected chi connectivity index (χ4v) is 3.15. The third-order valence-electron chi connectivity index (χ3n) is 3.30. The van der Waals surface area contributed by atoms with Crippen LogP contribution < -0.4 is 0 Å². The molecule has 1 heterocycles. The normalized spacial score (nSPS) is 14.3. The summed E-state index contributed by atoms with van der Waals surface area (Å²) in [6, 6.07) is 7.99. The summed E-state index contributed by atoms with van der Waals surface area (Å²) in [5.74, 6) is 1.04. The molecule has 0 bridgehead atoms. The fraction of sp³-hybridized carbons (Fsp3) is 0.429. The number of carbonyl (C=O) groups excluding carboxylic acids is 1. The van der Waals surface area contributed by atoms with Crippen LogP contribution >= 0.6 is 27.7 Å². The van der Waals surface area contributed by atoms with Gasteiger partial charge < -0.3 is 0 Å². The number of hydrogen-bond acceptors (Lipinski definition) is 5. The average molecular weight is 367 g/mol. The Morgan fingerprint density at radius 1 is 1.33 bits per heavy atom. The lowest BCUT2D eigenvalue weighted by atomic mass is 10.1. The van der Waals surface area contributed by atoms with Gasteiger partial charge in [-0.05, 0) is 41.8 Å². The highest BCUT2D eigenvalue weighted by Crippen LogP contribution is 2.36. The number of thioether (sulfide) groups is 1. The van der Waals surface area contributed by atoms with Crippen LogP contribution in [0.15, 0.2) is 33.9 Å². The van der Waals surface area contributed by atoms with Crippen molar-refractivity contribution in [3.05, 3.63) is 34.3 Å². The molecule has 5 nitrogen and oxygen atoms in total. The van der Waals surface area contributed by atoms with Crippen LogP contribution in [0.2, 0.25) is 0 Å². The van der Waals surface area contributed by atoms with E-state index in [9.17, 15) is 4.79 Å². The Bertz CT molecular complexity index is 624. The molecule has 0 atom stereocenters. The SMILES string of the molecule is O=C(CCCSc1nnnn1C1CC1)c1ccc(Br)cc1. The second kappa shape index (κ2) is 6.70. The van der Waals surface area contributed by atoms with E-state index in [1.54, 1.807) is 11.8 Å². The molecular weight excluding hydrogens is 352 g/mol. The molecule has 1 fully saturated rings. The van der Waals surface area contributed by atoms with Gasteiger partial charge in [-0.2, -0.15) is 0 Å². The smallest absolute Gasteiger partial charge is 0.209 e. The monoisotopic (exact) mass is 366 g/mol. The minimum absolute atomic E-state index is 0.185. The van der Waals surface area contributed by atoms with Crippen LogP contribution in [0.4, 0.5) is 0 Å². The Morgan fingerprint density at radius 2 is 2.10 bits per heavy atom. The molecule has 21 heavy (non-hydrogen) atoms. The summed E-state index contributed by atoms with van der Waals surface area (Å²) < 4.78 is 2.89. The number of nitrogens with zero attached hydrogens (tertiary/aromatic N) is 4. The first-order valence-electron chi connectivity index (χ1n) is 6.93. The molecule has 2 aromatic rings. The zero-order valence-corrected chi connectivity index (χ0v) is 13.8. The van der Waals surface area contributed by atoms with Crippen molar-refractivity contribution >= 4 is 33.5 Å². The maximum atomic E-state index is 12.0. The van der Waals surface area contributed by atoms with Gasteiger partial charge in [0.1, 0.15) is 0 Å². The lowest BCUT2D eigenvalue weighted by Gasteiger charge is -2.03. The van der Waals surface area contributed by atoms with Gasteiger partial charge in [-0.15, -0.1) is 5.10 Å². The summed E-state index contributed by atoms with van der Waals surface area (Å²) in [5.41, 5.74) is 0.769. The topological polar surface area (TPSA) is 60.7 Å². The molecule has 1 aliphatic rings. The standard InChI is InChI=1S/C14H15BrN4OS/c15-11-5-3-10(4-6-11)13(20)2-1-9-21-14-16-17-18-19(14)12-7-8-12/h3-6,12H,1-2,7-9H2. The highest BCUT2D eigenvalue weighted by Gasteiger charge is 2.27. The largest absolute Gasteiger partial charge is 0.294 e. The van der Waals surface area contributed by atoms with Crippen molar-refractivity contribution in [3.8, 4) is 0 Å². The van der Waals surface area contributed by atoms with Gasteiger partial charge in [-0.25, -0.2) is 4.68 Å². The van der Waals surface area contributed by atoms with Crippen molar-refractivity contribution in [3.63, 3.8) is 0 Å². The molecule has 110 valence electrons. The highest BCUT2D eigenvalue weighted by molar-refractivity contribution is 9.10. The minimum Gasteiger partial charge on any atom is -0.294 e. The fourth-order valence-electron chi connectivity index (χ4n) is 2.01. The van der Waals surface area contributed by atoms with Crippen LogP contribution in [0.1, 0.15) is 42.1 Å². The lowest BCUT2D eigenvalue weighted by Crippen LogP contribution is -2.01. The van der Waals surface area contributed by atoms with E-state index in [2.05, 4.69) is 31.5 Å². The van der Waals surface area contributed by atoms with Crippen LogP contribution in [0.3, 0.4) is 0 Å². The van der Waals surface area contributed by atoms with Crippen LogP contribution in [-0.2, 0) is 0 Å². The Kier molecular flexibility index (Phi) is 4.70. The number of tetrazole rings is 1. The maximum Gasteiger partial charge on any atom is 0.209 e. The van der Waals surface area contributed by atoms with Gasteiger partial charge in [-0.3, -0.25) is 4.79 Å². The lowest BCUT2D eigenvalue weighted by molar-refractivity contribution is 0.0982. The first kappa shape index (κ1) is 14.7. The molecule has 7 heteroatoms. The second-order valence-corrected chi connectivity index (χ2v) is 7.00. The van der Waals surface area contributed by atoms with E-state index in [-0.39, 0.29) is 5.78 Å². The Labute approximate surface area is 135 Å². The van der Waals surface area contributed by atoms with Gasteiger partial charge in [0.05, 0.1) is 6.04 Å². The van der Waals surface area contributed by atoms with Crippen molar-refractivity contribution in [2.75, 3.05) is 5.75 Å². The molecule has 0 N–H and O–H groups in total. The van der Waals surface area contributed by atoms with Gasteiger partial charge >= 0.3 is 0 Å². The molecule has 0 radical (unpaired) electrons. The maximum absolute atomic E-state index is 12.0. The van der Waals surface area contributed by atoms with Gasteiger partial charge in [0.15, 0.2) is 5.78 Å². The van der Waals surface area contributed by atoms with Gasteiger partial charge in [0, 0.05) is 22.2 Å². The van der Waals surface area contributed by atoms with Crippen LogP contribution in [0, 0.1) is 0 Å². The Balaban J connectivity index is 1.44. The number of rotatable bonds is 7. The molecule has 1 aromatic heterocycles. The molecule has 1 aromatic carbocycles. The van der Waals surface area contributed by atoms with Crippen molar-refractivity contribution in [1.29, 1.82) is 0 Å². The van der Waals surface area contributed by atoms with Crippen LogP contribution in [0.5, 0.6) is 0 Å². The number of carbonyl (C=O) groups is 1. The summed E-state index contributed by atoms with van der Waals surface area (Å²) in [6.07, 6.45) is 3.72. The number of benzene rings is 1. The molecule has 3 rings (SSSR count). The Hall–Kier alpha value is -1.21. The van der Waals surface area contributed by atoms with Gasteiger partial charge in [0.25, 0.3) is 0 Å². The summed E-state index contributed by atoms with van der Waals surface area (Å²) in [7, 11) is 0. The number of Topliss-reactive ketones (excluding diaryl/α,β-unsaturated/α-hetero) is 1. The summed E-state index contributed by atoms with van der Waals surface area (Å²) in [6.45, 7) is 0. The van der Waals surface area contributed by atoms with E-state index in [0.29, 0.717) is 12.5 Å². The Morgan fingerprint density at radius 3 is 2.81 bits per heavy atom. The number of ketones is 1. The van der Waals surface area contributed by atoms with E-state index in [1.807, 2.05) is 28.9 Å². The summed E-state index contributed by atoms with van der Waals surface area (Å²) in [4.78, 5) is 12.0. The molecule has 0 amide bonds. The predicted octanol–water partition coefficient (Wildman–Crippen LogP) is 3.53.